The van der Waals surface area contributed by atoms with Crippen molar-refractivity contribution in [2.75, 3.05) is 20.8 Å². The highest BCUT2D eigenvalue weighted by atomic mass is 79.9. The molecule has 0 aliphatic rings. The summed E-state index contributed by atoms with van der Waals surface area (Å²) in [5.74, 6) is 0.132. The third-order valence-corrected chi connectivity index (χ3v) is 4.31. The Morgan fingerprint density at radius 3 is 2.40 bits per heavy atom. The average Bonchev–Trinajstić information content (AvgIpc) is 2.59. The maximum atomic E-state index is 12.7. The van der Waals surface area contributed by atoms with E-state index in [2.05, 4.69) is 21.2 Å². The fourth-order valence-electron chi connectivity index (χ4n) is 2.46. The van der Waals surface area contributed by atoms with Crippen molar-refractivity contribution in [2.24, 2.45) is 0 Å². The van der Waals surface area contributed by atoms with Gasteiger partial charge in [0.05, 0.1) is 25.3 Å². The number of methoxy groups -OCH3 is 2. The second kappa shape index (κ2) is 9.65. The molecule has 0 radical (unpaired) electrons. The maximum Gasteiger partial charge on any atom is 0.331 e. The molecule has 140 valence electrons. The first kappa shape index (κ1) is 21.3. The summed E-state index contributed by atoms with van der Waals surface area (Å²) in [6, 6.07) is 3.24. The summed E-state index contributed by atoms with van der Waals surface area (Å²) < 4.78 is 16.4. The summed E-state index contributed by atoms with van der Waals surface area (Å²) in [4.78, 5) is 24.7. The van der Waals surface area contributed by atoms with Gasteiger partial charge in [-0.05, 0) is 47.8 Å². The smallest absolute Gasteiger partial charge is 0.331 e. The minimum atomic E-state index is -1.09. The highest BCUT2D eigenvalue weighted by Gasteiger charge is 2.35. The van der Waals surface area contributed by atoms with Gasteiger partial charge in [0.2, 0.25) is 0 Å². The Hall–Kier alpha value is -1.76. The molecule has 0 aliphatic heterocycles. The number of hydrogen-bond donors (Lipinski definition) is 1. The molecule has 1 aromatic rings. The lowest BCUT2D eigenvalue weighted by molar-refractivity contribution is -0.147. The van der Waals surface area contributed by atoms with Gasteiger partial charge in [0.1, 0.15) is 5.54 Å². The largest absolute Gasteiger partial charge is 0.493 e. The van der Waals surface area contributed by atoms with Crippen molar-refractivity contribution in [3.63, 3.8) is 0 Å². The number of halogens is 1. The van der Waals surface area contributed by atoms with Gasteiger partial charge in [-0.2, -0.15) is 0 Å². The number of esters is 1. The second-order valence-corrected chi connectivity index (χ2v) is 6.72. The van der Waals surface area contributed by atoms with Crippen molar-refractivity contribution >= 4 is 27.8 Å². The molecule has 1 atom stereocenters. The normalized spacial score (nSPS) is 12.9. The molecule has 0 saturated carbocycles. The summed E-state index contributed by atoms with van der Waals surface area (Å²) in [7, 11) is 2.82. The van der Waals surface area contributed by atoms with Gasteiger partial charge in [-0.15, -0.1) is 0 Å². The quantitative estimate of drug-likeness (QED) is 0.622. The molecule has 1 unspecified atom stereocenters. The van der Waals surface area contributed by atoms with Crippen LogP contribution in [0.3, 0.4) is 0 Å². The molecule has 0 spiro atoms. The first-order chi connectivity index (χ1) is 11.8. The van der Waals surface area contributed by atoms with Gasteiger partial charge in [0.25, 0.3) is 5.91 Å². The van der Waals surface area contributed by atoms with Crippen LogP contribution < -0.4 is 14.8 Å². The van der Waals surface area contributed by atoms with Gasteiger partial charge in [-0.3, -0.25) is 4.79 Å². The fourth-order valence-corrected chi connectivity index (χ4v) is 3.02. The number of hydrogen-bond acceptors (Lipinski definition) is 5. The van der Waals surface area contributed by atoms with E-state index >= 15 is 0 Å². The van der Waals surface area contributed by atoms with E-state index in [0.29, 0.717) is 34.6 Å². The average molecular weight is 416 g/mol. The van der Waals surface area contributed by atoms with Crippen LogP contribution in [0, 0.1) is 0 Å². The standard InChI is InChI=1S/C18H26BrNO5/c1-6-8-18(3,17(22)24-5)20-16(21)12-10-13(19)15(25-9-7-2)14(11-12)23-4/h10-11H,6-9H2,1-5H3,(H,20,21). The van der Waals surface area contributed by atoms with Crippen LogP contribution in [-0.2, 0) is 9.53 Å². The number of benzene rings is 1. The molecule has 1 aromatic carbocycles. The number of nitrogens with one attached hydrogen (secondary N) is 1. The molecule has 0 aliphatic carbocycles. The zero-order valence-corrected chi connectivity index (χ0v) is 17.0. The summed E-state index contributed by atoms with van der Waals surface area (Å²) in [6.07, 6.45) is 2.05. The molecule has 1 N–H and O–H groups in total. The van der Waals surface area contributed by atoms with Crippen molar-refractivity contribution < 1.29 is 23.8 Å². The Balaban J connectivity index is 3.12. The zero-order chi connectivity index (χ0) is 19.0. The van der Waals surface area contributed by atoms with Gasteiger partial charge in [0, 0.05) is 5.56 Å². The molecule has 0 aromatic heterocycles. The summed E-state index contributed by atoms with van der Waals surface area (Å²) >= 11 is 3.41. The van der Waals surface area contributed by atoms with E-state index in [9.17, 15) is 9.59 Å². The Kier molecular flexibility index (Phi) is 8.22. The van der Waals surface area contributed by atoms with E-state index in [1.807, 2.05) is 13.8 Å². The van der Waals surface area contributed by atoms with E-state index in [-0.39, 0.29) is 5.91 Å². The van der Waals surface area contributed by atoms with E-state index in [1.54, 1.807) is 19.1 Å². The number of carbonyl (C=O) groups excluding carboxylic acids is 2. The van der Waals surface area contributed by atoms with Gasteiger partial charge < -0.3 is 19.5 Å². The predicted molar refractivity (Wildman–Crippen MR) is 99.3 cm³/mol. The Labute approximate surface area is 157 Å². The van der Waals surface area contributed by atoms with Crippen molar-refractivity contribution in [1.82, 2.24) is 5.32 Å². The van der Waals surface area contributed by atoms with E-state index < -0.39 is 11.5 Å². The van der Waals surface area contributed by atoms with Gasteiger partial charge in [0.15, 0.2) is 11.5 Å². The molecular weight excluding hydrogens is 390 g/mol. The number of rotatable bonds is 9. The first-order valence-corrected chi connectivity index (χ1v) is 9.03. The lowest BCUT2D eigenvalue weighted by Gasteiger charge is -2.27. The topological polar surface area (TPSA) is 73.9 Å². The van der Waals surface area contributed by atoms with Gasteiger partial charge >= 0.3 is 5.97 Å². The van der Waals surface area contributed by atoms with Crippen LogP contribution in [0.15, 0.2) is 16.6 Å². The highest BCUT2D eigenvalue weighted by molar-refractivity contribution is 9.10. The van der Waals surface area contributed by atoms with Crippen molar-refractivity contribution in [3.05, 3.63) is 22.2 Å². The van der Waals surface area contributed by atoms with Crippen molar-refractivity contribution in [3.8, 4) is 11.5 Å². The molecule has 0 saturated heterocycles. The highest BCUT2D eigenvalue weighted by Crippen LogP contribution is 2.37. The molecular formula is C18H26BrNO5. The lowest BCUT2D eigenvalue weighted by atomic mass is 9.95. The minimum absolute atomic E-state index is 0.360. The Bertz CT molecular complexity index is 620. The third-order valence-electron chi connectivity index (χ3n) is 3.72. The molecule has 25 heavy (non-hydrogen) atoms. The molecule has 6 nitrogen and oxygen atoms in total. The van der Waals surface area contributed by atoms with Crippen LogP contribution >= 0.6 is 15.9 Å². The van der Waals surface area contributed by atoms with Crippen LogP contribution in [0.1, 0.15) is 50.4 Å². The zero-order valence-electron chi connectivity index (χ0n) is 15.4. The summed E-state index contributed by atoms with van der Waals surface area (Å²) in [5, 5.41) is 2.77. The summed E-state index contributed by atoms with van der Waals surface area (Å²) in [6.45, 7) is 6.14. The molecule has 0 bridgehead atoms. The Morgan fingerprint density at radius 2 is 1.88 bits per heavy atom. The van der Waals surface area contributed by atoms with Crippen LogP contribution in [-0.4, -0.2) is 38.2 Å². The van der Waals surface area contributed by atoms with Crippen LogP contribution in [0.5, 0.6) is 11.5 Å². The van der Waals surface area contributed by atoms with Crippen LogP contribution in [0.4, 0.5) is 0 Å². The number of amides is 1. The predicted octanol–water partition coefficient (Wildman–Crippen LogP) is 3.71. The van der Waals surface area contributed by atoms with Crippen molar-refractivity contribution in [2.45, 2.75) is 45.6 Å². The van der Waals surface area contributed by atoms with E-state index in [4.69, 9.17) is 14.2 Å². The molecule has 0 heterocycles. The maximum absolute atomic E-state index is 12.7. The van der Waals surface area contributed by atoms with Crippen LogP contribution in [0.25, 0.3) is 0 Å². The van der Waals surface area contributed by atoms with Gasteiger partial charge in [-0.25, -0.2) is 4.79 Å². The van der Waals surface area contributed by atoms with Crippen LogP contribution in [0.2, 0.25) is 0 Å². The van der Waals surface area contributed by atoms with E-state index in [0.717, 1.165) is 12.8 Å². The van der Waals surface area contributed by atoms with Crippen molar-refractivity contribution in [1.29, 1.82) is 0 Å². The number of carbonyl (C=O) groups is 2. The SMILES string of the molecule is CCCOc1c(Br)cc(C(=O)NC(C)(CCC)C(=O)OC)cc1OC. The van der Waals surface area contributed by atoms with Gasteiger partial charge in [-0.1, -0.05) is 20.3 Å². The molecule has 0 fully saturated rings. The fraction of sp³-hybridized carbons (Fsp3) is 0.556. The number of ether oxygens (including phenoxy) is 3. The van der Waals surface area contributed by atoms with E-state index in [1.165, 1.54) is 14.2 Å². The molecule has 7 heteroatoms. The second-order valence-electron chi connectivity index (χ2n) is 5.87. The summed E-state index contributed by atoms with van der Waals surface area (Å²) in [5.41, 5.74) is -0.726. The molecule has 1 amide bonds. The first-order valence-electron chi connectivity index (χ1n) is 8.24. The monoisotopic (exact) mass is 415 g/mol. The Morgan fingerprint density at radius 1 is 1.20 bits per heavy atom. The minimum Gasteiger partial charge on any atom is -0.493 e. The molecule has 1 rings (SSSR count). The lowest BCUT2D eigenvalue weighted by Crippen LogP contribution is -2.52. The third kappa shape index (κ3) is 5.36.